The Hall–Kier alpha value is -3.75. The molecule has 3 aliphatic rings. The summed E-state index contributed by atoms with van der Waals surface area (Å²) < 4.78 is 1.71. The number of hydrogen-bond donors (Lipinski definition) is 1. The SMILES string of the molecule is O=C(Nc1nc2cccc(-c3ccc(C(=O)N4CCCC(C(=O)N5CCCCC5)C4)cc3)n2n1)C1CC1. The zero-order valence-electron chi connectivity index (χ0n) is 20.9. The van der Waals surface area contributed by atoms with Crippen molar-refractivity contribution < 1.29 is 14.4 Å². The van der Waals surface area contributed by atoms with Gasteiger partial charge in [0.05, 0.1) is 11.6 Å². The van der Waals surface area contributed by atoms with E-state index in [4.69, 9.17) is 0 Å². The smallest absolute Gasteiger partial charge is 0.253 e. The van der Waals surface area contributed by atoms with Gasteiger partial charge < -0.3 is 9.80 Å². The van der Waals surface area contributed by atoms with Gasteiger partial charge >= 0.3 is 0 Å². The molecule has 2 aliphatic heterocycles. The van der Waals surface area contributed by atoms with Crippen molar-refractivity contribution in [3.63, 3.8) is 0 Å². The zero-order chi connectivity index (χ0) is 25.4. The number of carbonyl (C=O) groups excluding carboxylic acids is 3. The number of anilines is 1. The van der Waals surface area contributed by atoms with E-state index >= 15 is 0 Å². The van der Waals surface area contributed by atoms with Crippen LogP contribution in [0.15, 0.2) is 42.5 Å². The highest BCUT2D eigenvalue weighted by molar-refractivity contribution is 5.95. The Balaban J connectivity index is 1.16. The lowest BCUT2D eigenvalue weighted by Crippen LogP contribution is -2.47. The van der Waals surface area contributed by atoms with E-state index in [0.717, 1.165) is 62.9 Å². The van der Waals surface area contributed by atoms with E-state index in [1.807, 2.05) is 52.3 Å². The van der Waals surface area contributed by atoms with Crippen molar-refractivity contribution in [2.24, 2.45) is 11.8 Å². The number of fused-ring (bicyclic) bond motifs is 1. The van der Waals surface area contributed by atoms with Gasteiger partial charge in [0.15, 0.2) is 5.65 Å². The van der Waals surface area contributed by atoms with Crippen LogP contribution in [0.5, 0.6) is 0 Å². The Morgan fingerprint density at radius 1 is 0.811 bits per heavy atom. The second-order valence-corrected chi connectivity index (χ2v) is 10.4. The first-order chi connectivity index (χ1) is 18.1. The predicted octanol–water partition coefficient (Wildman–Crippen LogP) is 3.61. The van der Waals surface area contributed by atoms with E-state index in [1.165, 1.54) is 6.42 Å². The average molecular weight is 501 g/mol. The molecule has 3 amide bonds. The fourth-order valence-corrected chi connectivity index (χ4v) is 5.44. The third kappa shape index (κ3) is 4.95. The predicted molar refractivity (Wildman–Crippen MR) is 139 cm³/mol. The van der Waals surface area contributed by atoms with Crippen LogP contribution >= 0.6 is 0 Å². The monoisotopic (exact) mass is 500 g/mol. The molecule has 1 atom stereocenters. The number of rotatable bonds is 5. The van der Waals surface area contributed by atoms with Gasteiger partial charge in [-0.25, -0.2) is 4.52 Å². The summed E-state index contributed by atoms with van der Waals surface area (Å²) in [7, 11) is 0. The summed E-state index contributed by atoms with van der Waals surface area (Å²) in [5.41, 5.74) is 2.96. The molecule has 4 heterocycles. The Labute approximate surface area is 215 Å². The molecular weight excluding hydrogens is 468 g/mol. The maximum Gasteiger partial charge on any atom is 0.253 e. The van der Waals surface area contributed by atoms with Crippen LogP contribution in [-0.4, -0.2) is 68.3 Å². The quantitative estimate of drug-likeness (QED) is 0.577. The van der Waals surface area contributed by atoms with Gasteiger partial charge in [-0.15, -0.1) is 5.10 Å². The number of hydrogen-bond acceptors (Lipinski definition) is 5. The summed E-state index contributed by atoms with van der Waals surface area (Å²) in [6.45, 7) is 2.86. The first-order valence-electron chi connectivity index (χ1n) is 13.4. The van der Waals surface area contributed by atoms with Crippen molar-refractivity contribution >= 4 is 29.3 Å². The van der Waals surface area contributed by atoms with Crippen molar-refractivity contribution in [2.45, 2.75) is 44.9 Å². The second-order valence-electron chi connectivity index (χ2n) is 10.4. The lowest BCUT2D eigenvalue weighted by Gasteiger charge is -2.36. The molecule has 1 aromatic carbocycles. The summed E-state index contributed by atoms with van der Waals surface area (Å²) in [5, 5.41) is 7.30. The van der Waals surface area contributed by atoms with Crippen molar-refractivity contribution in [3.8, 4) is 11.3 Å². The Bertz CT molecular complexity index is 1320. The average Bonchev–Trinajstić information content (AvgIpc) is 3.72. The van der Waals surface area contributed by atoms with E-state index in [0.29, 0.717) is 30.2 Å². The molecule has 0 radical (unpaired) electrons. The molecule has 0 bridgehead atoms. The number of aromatic nitrogens is 3. The van der Waals surface area contributed by atoms with Crippen molar-refractivity contribution in [1.82, 2.24) is 24.4 Å². The van der Waals surface area contributed by atoms with E-state index in [1.54, 1.807) is 4.52 Å². The lowest BCUT2D eigenvalue weighted by atomic mass is 9.95. The normalized spacial score (nSPS) is 20.2. The van der Waals surface area contributed by atoms with Crippen LogP contribution in [0, 0.1) is 11.8 Å². The van der Waals surface area contributed by atoms with Crippen molar-refractivity contribution in [3.05, 3.63) is 48.0 Å². The lowest BCUT2D eigenvalue weighted by molar-refractivity contribution is -0.137. The largest absolute Gasteiger partial charge is 0.342 e. The van der Waals surface area contributed by atoms with Crippen LogP contribution in [0.25, 0.3) is 16.9 Å². The Morgan fingerprint density at radius 3 is 2.32 bits per heavy atom. The van der Waals surface area contributed by atoms with Gasteiger partial charge in [-0.05, 0) is 69.2 Å². The van der Waals surface area contributed by atoms with Gasteiger partial charge in [0.25, 0.3) is 5.91 Å². The number of carbonyl (C=O) groups is 3. The summed E-state index contributed by atoms with van der Waals surface area (Å²) in [6, 6.07) is 13.2. The molecule has 9 nitrogen and oxygen atoms in total. The van der Waals surface area contributed by atoms with Gasteiger partial charge in [-0.3, -0.25) is 19.7 Å². The van der Waals surface area contributed by atoms with E-state index in [-0.39, 0.29) is 29.6 Å². The molecule has 37 heavy (non-hydrogen) atoms. The summed E-state index contributed by atoms with van der Waals surface area (Å²) in [6.07, 6.45) is 6.88. The third-order valence-electron chi connectivity index (χ3n) is 7.70. The van der Waals surface area contributed by atoms with Gasteiger partial charge in [0.2, 0.25) is 17.8 Å². The van der Waals surface area contributed by atoms with Gasteiger partial charge in [-0.2, -0.15) is 4.98 Å². The minimum atomic E-state index is -0.102. The van der Waals surface area contributed by atoms with Crippen LogP contribution in [0.3, 0.4) is 0 Å². The summed E-state index contributed by atoms with van der Waals surface area (Å²) in [4.78, 5) is 46.7. The number of benzene rings is 1. The molecule has 1 N–H and O–H groups in total. The molecule has 3 aromatic rings. The van der Waals surface area contributed by atoms with Crippen LogP contribution in [0.1, 0.15) is 55.3 Å². The van der Waals surface area contributed by atoms with Crippen LogP contribution < -0.4 is 5.32 Å². The van der Waals surface area contributed by atoms with Crippen LogP contribution in [-0.2, 0) is 9.59 Å². The standard InChI is InChI=1S/C28H32N6O3/c35-25(20-11-12-20)30-28-29-24-8-4-7-23(34(24)31-28)19-9-13-21(14-10-19)26(36)33-17-5-6-22(18-33)27(37)32-15-2-1-3-16-32/h4,7-10,13-14,20,22H,1-3,5-6,11-12,15-18H2,(H,30,31,35). The maximum atomic E-state index is 13.3. The van der Waals surface area contributed by atoms with Gasteiger partial charge in [0.1, 0.15) is 0 Å². The molecule has 192 valence electrons. The van der Waals surface area contributed by atoms with Crippen molar-refractivity contribution in [1.29, 1.82) is 0 Å². The number of nitrogens with zero attached hydrogens (tertiary/aromatic N) is 5. The first kappa shape index (κ1) is 23.6. The minimum absolute atomic E-state index is 0.0297. The molecule has 6 rings (SSSR count). The Morgan fingerprint density at radius 2 is 1.57 bits per heavy atom. The van der Waals surface area contributed by atoms with E-state index in [2.05, 4.69) is 15.4 Å². The molecule has 3 fully saturated rings. The highest BCUT2D eigenvalue weighted by Crippen LogP contribution is 2.30. The van der Waals surface area contributed by atoms with Gasteiger partial charge in [0, 0.05) is 43.2 Å². The summed E-state index contributed by atoms with van der Waals surface area (Å²) in [5.74, 6) is 0.421. The van der Waals surface area contributed by atoms with E-state index in [9.17, 15) is 14.4 Å². The molecule has 2 saturated heterocycles. The molecule has 0 spiro atoms. The molecule has 2 aromatic heterocycles. The van der Waals surface area contributed by atoms with E-state index < -0.39 is 0 Å². The fourth-order valence-electron chi connectivity index (χ4n) is 5.44. The molecule has 1 aliphatic carbocycles. The third-order valence-corrected chi connectivity index (χ3v) is 7.70. The summed E-state index contributed by atoms with van der Waals surface area (Å²) >= 11 is 0. The highest BCUT2D eigenvalue weighted by atomic mass is 16.2. The van der Waals surface area contributed by atoms with Gasteiger partial charge in [-0.1, -0.05) is 18.2 Å². The molecular formula is C28H32N6O3. The zero-order valence-corrected chi connectivity index (χ0v) is 20.9. The molecule has 1 unspecified atom stereocenters. The van der Waals surface area contributed by atoms with Crippen LogP contribution in [0.4, 0.5) is 5.95 Å². The number of piperidine rings is 2. The first-order valence-corrected chi connectivity index (χ1v) is 13.4. The second kappa shape index (κ2) is 9.95. The number of nitrogens with one attached hydrogen (secondary N) is 1. The maximum absolute atomic E-state index is 13.3. The highest BCUT2D eigenvalue weighted by Gasteiger charge is 2.32. The number of likely N-dealkylation sites (tertiary alicyclic amines) is 2. The molecule has 1 saturated carbocycles. The van der Waals surface area contributed by atoms with Crippen molar-refractivity contribution in [2.75, 3.05) is 31.5 Å². The van der Waals surface area contributed by atoms with Crippen LogP contribution in [0.2, 0.25) is 0 Å². The topological polar surface area (TPSA) is 99.9 Å². The fraction of sp³-hybridized carbons (Fsp3) is 0.464. The number of pyridine rings is 1. The Kier molecular flexibility index (Phi) is 6.36. The molecule has 9 heteroatoms. The number of amides is 3. The minimum Gasteiger partial charge on any atom is -0.342 e.